The van der Waals surface area contributed by atoms with Crippen LogP contribution < -0.4 is 5.32 Å². The zero-order valence-corrected chi connectivity index (χ0v) is 13.9. The monoisotopic (exact) mass is 339 g/mol. The number of halogens is 1. The van der Waals surface area contributed by atoms with Crippen LogP contribution in [0.5, 0.6) is 0 Å². The van der Waals surface area contributed by atoms with Crippen molar-refractivity contribution in [2.24, 2.45) is 5.92 Å². The maximum Gasteiger partial charge on any atom is 0.0914 e. The molecule has 1 aromatic carbocycles. The van der Waals surface area contributed by atoms with Gasteiger partial charge >= 0.3 is 0 Å². The predicted molar refractivity (Wildman–Crippen MR) is 87.8 cm³/mol. The van der Waals surface area contributed by atoms with Crippen molar-refractivity contribution in [2.75, 3.05) is 6.54 Å². The van der Waals surface area contributed by atoms with E-state index in [-0.39, 0.29) is 0 Å². The quantitative estimate of drug-likeness (QED) is 0.803. The standard InChI is InChI=1S/C17H26BrNO/c1-2-4-13-7-9-16(10-8-13)19-12-17(20)14-5-3-6-15(18)11-14/h3,5-6,11,13,16-17,19-20H,2,4,7-10,12H2,1H3. The summed E-state index contributed by atoms with van der Waals surface area (Å²) in [5.74, 6) is 0.938. The fourth-order valence-corrected chi connectivity index (χ4v) is 3.59. The normalized spacial score (nSPS) is 24.6. The summed E-state index contributed by atoms with van der Waals surface area (Å²) in [6, 6.07) is 8.52. The molecule has 0 spiro atoms. The molecular weight excluding hydrogens is 314 g/mol. The van der Waals surface area contributed by atoms with Crippen LogP contribution in [0.4, 0.5) is 0 Å². The third-order valence-corrected chi connectivity index (χ3v) is 4.87. The van der Waals surface area contributed by atoms with E-state index in [0.29, 0.717) is 12.6 Å². The number of aliphatic hydroxyl groups excluding tert-OH is 1. The van der Waals surface area contributed by atoms with Gasteiger partial charge in [0.05, 0.1) is 6.10 Å². The molecule has 1 aromatic rings. The smallest absolute Gasteiger partial charge is 0.0914 e. The van der Waals surface area contributed by atoms with Gasteiger partial charge in [-0.1, -0.05) is 47.8 Å². The Morgan fingerprint density at radius 1 is 1.30 bits per heavy atom. The molecule has 20 heavy (non-hydrogen) atoms. The van der Waals surface area contributed by atoms with Crippen LogP contribution in [0, 0.1) is 5.92 Å². The van der Waals surface area contributed by atoms with Gasteiger partial charge in [-0.25, -0.2) is 0 Å². The molecule has 1 aliphatic carbocycles. The van der Waals surface area contributed by atoms with Crippen LogP contribution in [0.15, 0.2) is 28.7 Å². The minimum atomic E-state index is -0.416. The zero-order chi connectivity index (χ0) is 14.4. The van der Waals surface area contributed by atoms with Crippen molar-refractivity contribution in [3.05, 3.63) is 34.3 Å². The highest BCUT2D eigenvalue weighted by atomic mass is 79.9. The topological polar surface area (TPSA) is 32.3 Å². The van der Waals surface area contributed by atoms with E-state index < -0.39 is 6.10 Å². The van der Waals surface area contributed by atoms with Gasteiger partial charge in [0.15, 0.2) is 0 Å². The summed E-state index contributed by atoms with van der Waals surface area (Å²) in [7, 11) is 0. The van der Waals surface area contributed by atoms with Crippen molar-refractivity contribution in [1.29, 1.82) is 0 Å². The molecule has 0 saturated heterocycles. The molecule has 3 heteroatoms. The van der Waals surface area contributed by atoms with Crippen LogP contribution in [0.3, 0.4) is 0 Å². The van der Waals surface area contributed by atoms with E-state index in [0.717, 1.165) is 16.0 Å². The number of aliphatic hydroxyl groups is 1. The van der Waals surface area contributed by atoms with E-state index in [1.807, 2.05) is 24.3 Å². The van der Waals surface area contributed by atoms with Crippen LogP contribution in [0.1, 0.15) is 57.1 Å². The van der Waals surface area contributed by atoms with Crippen LogP contribution in [0.2, 0.25) is 0 Å². The summed E-state index contributed by atoms with van der Waals surface area (Å²) in [6.45, 7) is 2.93. The van der Waals surface area contributed by atoms with E-state index in [4.69, 9.17) is 0 Å². The highest BCUT2D eigenvalue weighted by Gasteiger charge is 2.20. The molecule has 0 aromatic heterocycles. The first kappa shape index (κ1) is 16.0. The number of rotatable bonds is 6. The lowest BCUT2D eigenvalue weighted by Gasteiger charge is -2.29. The van der Waals surface area contributed by atoms with Crippen molar-refractivity contribution in [3.8, 4) is 0 Å². The Labute approximate surface area is 131 Å². The van der Waals surface area contributed by atoms with Gasteiger partial charge in [0.1, 0.15) is 0 Å². The van der Waals surface area contributed by atoms with Gasteiger partial charge in [-0.05, 0) is 49.3 Å². The Hall–Kier alpha value is -0.380. The Morgan fingerprint density at radius 3 is 2.70 bits per heavy atom. The van der Waals surface area contributed by atoms with Gasteiger partial charge in [0, 0.05) is 17.1 Å². The Bertz CT molecular complexity index is 402. The lowest BCUT2D eigenvalue weighted by molar-refractivity contribution is 0.161. The molecule has 1 aliphatic rings. The van der Waals surface area contributed by atoms with E-state index in [9.17, 15) is 5.11 Å². The highest BCUT2D eigenvalue weighted by Crippen LogP contribution is 2.28. The first-order valence-corrected chi connectivity index (χ1v) is 8.65. The maximum atomic E-state index is 10.2. The molecule has 0 bridgehead atoms. The van der Waals surface area contributed by atoms with E-state index in [1.54, 1.807) is 0 Å². The molecule has 1 unspecified atom stereocenters. The van der Waals surface area contributed by atoms with Gasteiger partial charge in [-0.15, -0.1) is 0 Å². The summed E-state index contributed by atoms with van der Waals surface area (Å²) in [5.41, 5.74) is 0.978. The van der Waals surface area contributed by atoms with Crippen LogP contribution in [-0.4, -0.2) is 17.7 Å². The minimum Gasteiger partial charge on any atom is -0.387 e. The number of benzene rings is 1. The van der Waals surface area contributed by atoms with E-state index in [1.165, 1.54) is 38.5 Å². The highest BCUT2D eigenvalue weighted by molar-refractivity contribution is 9.10. The molecule has 0 amide bonds. The average Bonchev–Trinajstić information content (AvgIpc) is 2.46. The van der Waals surface area contributed by atoms with Crippen molar-refractivity contribution < 1.29 is 5.11 Å². The first-order valence-electron chi connectivity index (χ1n) is 7.86. The minimum absolute atomic E-state index is 0.416. The predicted octanol–water partition coefficient (Wildman–Crippen LogP) is 4.43. The third kappa shape index (κ3) is 4.87. The molecule has 2 rings (SSSR count). The second kappa shape index (κ2) is 8.16. The Balaban J connectivity index is 1.73. The first-order chi connectivity index (χ1) is 9.69. The summed E-state index contributed by atoms with van der Waals surface area (Å²) < 4.78 is 1.02. The largest absolute Gasteiger partial charge is 0.387 e. The van der Waals surface area contributed by atoms with Crippen LogP contribution in [0.25, 0.3) is 0 Å². The maximum absolute atomic E-state index is 10.2. The van der Waals surface area contributed by atoms with E-state index >= 15 is 0 Å². The van der Waals surface area contributed by atoms with Gasteiger partial charge in [0.2, 0.25) is 0 Å². The molecular formula is C17H26BrNO. The van der Waals surface area contributed by atoms with Crippen LogP contribution >= 0.6 is 15.9 Å². The van der Waals surface area contributed by atoms with Gasteiger partial charge in [-0.2, -0.15) is 0 Å². The number of nitrogens with one attached hydrogen (secondary N) is 1. The second-order valence-corrected chi connectivity index (χ2v) is 6.90. The molecule has 0 aliphatic heterocycles. The summed E-state index contributed by atoms with van der Waals surface area (Å²) in [6.07, 6.45) is 7.49. The average molecular weight is 340 g/mol. The molecule has 2 nitrogen and oxygen atoms in total. The number of hydrogen-bond acceptors (Lipinski definition) is 2. The molecule has 0 heterocycles. The van der Waals surface area contributed by atoms with Crippen molar-refractivity contribution in [1.82, 2.24) is 5.32 Å². The van der Waals surface area contributed by atoms with Crippen molar-refractivity contribution >= 4 is 15.9 Å². The molecule has 1 atom stereocenters. The third-order valence-electron chi connectivity index (χ3n) is 4.38. The molecule has 112 valence electrons. The fraction of sp³-hybridized carbons (Fsp3) is 0.647. The summed E-state index contributed by atoms with van der Waals surface area (Å²) >= 11 is 3.45. The van der Waals surface area contributed by atoms with E-state index in [2.05, 4.69) is 28.2 Å². The summed E-state index contributed by atoms with van der Waals surface area (Å²) in [5, 5.41) is 13.8. The Morgan fingerprint density at radius 2 is 2.05 bits per heavy atom. The molecule has 1 fully saturated rings. The van der Waals surface area contributed by atoms with Crippen molar-refractivity contribution in [3.63, 3.8) is 0 Å². The zero-order valence-electron chi connectivity index (χ0n) is 12.3. The Kier molecular flexibility index (Phi) is 6.53. The lowest BCUT2D eigenvalue weighted by Crippen LogP contribution is -2.35. The molecule has 1 saturated carbocycles. The second-order valence-electron chi connectivity index (χ2n) is 5.99. The molecule has 2 N–H and O–H groups in total. The van der Waals surface area contributed by atoms with Gasteiger partial charge in [0.25, 0.3) is 0 Å². The van der Waals surface area contributed by atoms with Gasteiger partial charge in [-0.3, -0.25) is 0 Å². The summed E-state index contributed by atoms with van der Waals surface area (Å²) in [4.78, 5) is 0. The van der Waals surface area contributed by atoms with Crippen molar-refractivity contribution in [2.45, 2.75) is 57.6 Å². The van der Waals surface area contributed by atoms with Gasteiger partial charge < -0.3 is 10.4 Å². The van der Waals surface area contributed by atoms with Crippen LogP contribution in [-0.2, 0) is 0 Å². The SMILES string of the molecule is CCCC1CCC(NCC(O)c2cccc(Br)c2)CC1. The fourth-order valence-electron chi connectivity index (χ4n) is 3.17. The molecule has 0 radical (unpaired) electrons. The lowest BCUT2D eigenvalue weighted by atomic mass is 9.83. The number of hydrogen-bond donors (Lipinski definition) is 2.